The standard InChI is InChI=1S/C27H34N2O6/c1-27(15-6-5-7-16-27)24(29-35-4)25(30)28-20(26(31)32)17-18-11-13-19(14-12-18)23-21(33-2)9-8-10-22(23)34-3/h8-14,20H,5-7,15-17H2,1-4H3,(H,28,30)(H,31,32)/t20-/m0/s1. The van der Waals surface area contributed by atoms with Gasteiger partial charge >= 0.3 is 5.97 Å². The van der Waals surface area contributed by atoms with Gasteiger partial charge in [-0.3, -0.25) is 4.79 Å². The molecule has 1 atom stereocenters. The number of carboxylic acid groups (broad SMARTS) is 1. The number of hydrogen-bond donors (Lipinski definition) is 2. The Morgan fingerprint density at radius 1 is 1.00 bits per heavy atom. The zero-order chi connectivity index (χ0) is 25.4. The van der Waals surface area contributed by atoms with Crippen LogP contribution in [-0.2, 0) is 20.8 Å². The first kappa shape index (κ1) is 26.1. The zero-order valence-corrected chi connectivity index (χ0v) is 20.8. The van der Waals surface area contributed by atoms with Crippen molar-refractivity contribution in [3.05, 3.63) is 48.0 Å². The lowest BCUT2D eigenvalue weighted by Crippen LogP contribution is -2.49. The van der Waals surface area contributed by atoms with E-state index in [2.05, 4.69) is 10.5 Å². The van der Waals surface area contributed by atoms with Crippen LogP contribution in [0.5, 0.6) is 11.5 Å². The van der Waals surface area contributed by atoms with Crippen LogP contribution in [0.1, 0.15) is 44.6 Å². The Hall–Kier alpha value is -3.55. The van der Waals surface area contributed by atoms with Gasteiger partial charge in [0.15, 0.2) is 5.71 Å². The van der Waals surface area contributed by atoms with Crippen LogP contribution in [0.15, 0.2) is 47.6 Å². The van der Waals surface area contributed by atoms with Crippen LogP contribution in [0.2, 0.25) is 0 Å². The summed E-state index contributed by atoms with van der Waals surface area (Å²) >= 11 is 0. The van der Waals surface area contributed by atoms with Gasteiger partial charge in [-0.25, -0.2) is 4.79 Å². The second kappa shape index (κ2) is 11.7. The normalized spacial score (nSPS) is 16.2. The second-order valence-corrected chi connectivity index (χ2v) is 9.05. The fraction of sp³-hybridized carbons (Fsp3) is 0.444. The Morgan fingerprint density at radius 3 is 2.11 bits per heavy atom. The van der Waals surface area contributed by atoms with Crippen LogP contribution < -0.4 is 14.8 Å². The lowest BCUT2D eigenvalue weighted by atomic mass is 9.72. The minimum absolute atomic E-state index is 0.126. The Labute approximate surface area is 206 Å². The number of amides is 1. The largest absolute Gasteiger partial charge is 0.496 e. The van der Waals surface area contributed by atoms with Crippen molar-refractivity contribution in [3.63, 3.8) is 0 Å². The molecule has 0 bridgehead atoms. The number of carboxylic acids is 1. The molecule has 0 saturated heterocycles. The molecule has 1 saturated carbocycles. The molecule has 2 aromatic carbocycles. The maximum Gasteiger partial charge on any atom is 0.326 e. The topological polar surface area (TPSA) is 106 Å². The first-order chi connectivity index (χ1) is 16.8. The molecule has 1 fully saturated rings. The van der Waals surface area contributed by atoms with E-state index in [1.165, 1.54) is 7.11 Å². The van der Waals surface area contributed by atoms with Crippen molar-refractivity contribution in [2.75, 3.05) is 21.3 Å². The molecule has 0 radical (unpaired) electrons. The minimum atomic E-state index is -1.11. The molecule has 35 heavy (non-hydrogen) atoms. The molecule has 0 spiro atoms. The van der Waals surface area contributed by atoms with Crippen molar-refractivity contribution in [2.24, 2.45) is 10.6 Å². The van der Waals surface area contributed by atoms with Crippen molar-refractivity contribution < 1.29 is 29.0 Å². The summed E-state index contributed by atoms with van der Waals surface area (Å²) in [4.78, 5) is 30.1. The molecule has 0 heterocycles. The summed E-state index contributed by atoms with van der Waals surface area (Å²) in [7, 11) is 4.59. The lowest BCUT2D eigenvalue weighted by Gasteiger charge is -2.33. The number of oxime groups is 1. The number of methoxy groups -OCH3 is 2. The number of rotatable bonds is 10. The third kappa shape index (κ3) is 6.12. The molecule has 0 unspecified atom stereocenters. The predicted octanol–water partition coefficient (Wildman–Crippen LogP) is 4.46. The van der Waals surface area contributed by atoms with Crippen LogP contribution in [0, 0.1) is 5.41 Å². The summed E-state index contributed by atoms with van der Waals surface area (Å²) in [6.07, 6.45) is 4.87. The Kier molecular flexibility index (Phi) is 8.73. The lowest BCUT2D eigenvalue weighted by molar-refractivity contribution is -0.141. The molecule has 8 nitrogen and oxygen atoms in total. The number of carbonyl (C=O) groups is 2. The van der Waals surface area contributed by atoms with Gasteiger partial charge in [-0.05, 0) is 36.1 Å². The second-order valence-electron chi connectivity index (χ2n) is 9.05. The smallest absolute Gasteiger partial charge is 0.326 e. The van der Waals surface area contributed by atoms with Gasteiger partial charge in [-0.1, -0.05) is 61.7 Å². The summed E-state index contributed by atoms with van der Waals surface area (Å²) in [5.41, 5.74) is 2.28. The zero-order valence-electron chi connectivity index (χ0n) is 20.8. The number of nitrogens with one attached hydrogen (secondary N) is 1. The van der Waals surface area contributed by atoms with Crippen LogP contribution in [0.25, 0.3) is 11.1 Å². The molecule has 1 amide bonds. The Morgan fingerprint density at radius 2 is 1.60 bits per heavy atom. The molecular formula is C27H34N2O6. The highest BCUT2D eigenvalue weighted by Gasteiger charge is 2.38. The van der Waals surface area contributed by atoms with Gasteiger partial charge in [-0.2, -0.15) is 0 Å². The third-order valence-corrected chi connectivity index (χ3v) is 6.64. The maximum atomic E-state index is 13.1. The Bertz CT molecular complexity index is 1040. The maximum absolute atomic E-state index is 13.1. The molecule has 0 aromatic heterocycles. The summed E-state index contributed by atoms with van der Waals surface area (Å²) in [5, 5.41) is 16.5. The molecule has 8 heteroatoms. The highest BCUT2D eigenvalue weighted by atomic mass is 16.6. The molecule has 1 aliphatic carbocycles. The molecule has 1 aliphatic rings. The average molecular weight is 483 g/mol. The van der Waals surface area contributed by atoms with E-state index in [0.29, 0.717) is 11.5 Å². The highest BCUT2D eigenvalue weighted by Crippen LogP contribution is 2.39. The summed E-state index contributed by atoms with van der Waals surface area (Å²) in [5.74, 6) is -0.263. The number of nitrogens with zero attached hydrogens (tertiary/aromatic N) is 1. The van der Waals surface area contributed by atoms with Crippen molar-refractivity contribution in [2.45, 2.75) is 51.5 Å². The van der Waals surface area contributed by atoms with Gasteiger partial charge in [0.2, 0.25) is 0 Å². The molecule has 3 rings (SSSR count). The first-order valence-corrected chi connectivity index (χ1v) is 11.8. The monoisotopic (exact) mass is 482 g/mol. The van der Waals surface area contributed by atoms with Gasteiger partial charge in [0.1, 0.15) is 24.7 Å². The molecule has 2 N–H and O–H groups in total. The number of carbonyl (C=O) groups excluding carboxylic acids is 1. The average Bonchev–Trinajstić information content (AvgIpc) is 2.87. The van der Waals surface area contributed by atoms with E-state index < -0.39 is 23.3 Å². The van der Waals surface area contributed by atoms with Gasteiger partial charge < -0.3 is 24.7 Å². The van der Waals surface area contributed by atoms with Crippen LogP contribution in [-0.4, -0.2) is 50.1 Å². The molecular weight excluding hydrogens is 448 g/mol. The van der Waals surface area contributed by atoms with Crippen LogP contribution in [0.4, 0.5) is 0 Å². The van der Waals surface area contributed by atoms with Gasteiger partial charge in [0.05, 0.1) is 19.8 Å². The SMILES string of the molecule is CON=C(C(=O)N[C@@H](Cc1ccc(-c2c(OC)cccc2OC)cc1)C(=O)O)C1(C)CCCCC1. The van der Waals surface area contributed by atoms with Crippen molar-refractivity contribution >= 4 is 17.6 Å². The summed E-state index contributed by atoms with van der Waals surface area (Å²) < 4.78 is 11.0. The van der Waals surface area contributed by atoms with E-state index in [-0.39, 0.29) is 12.1 Å². The quantitative estimate of drug-likeness (QED) is 0.383. The van der Waals surface area contributed by atoms with Gasteiger partial charge in [0, 0.05) is 11.8 Å². The fourth-order valence-corrected chi connectivity index (χ4v) is 4.69. The molecule has 188 valence electrons. The van der Waals surface area contributed by atoms with E-state index in [0.717, 1.165) is 48.8 Å². The third-order valence-electron chi connectivity index (χ3n) is 6.64. The van der Waals surface area contributed by atoms with Crippen LogP contribution in [0.3, 0.4) is 0 Å². The van der Waals surface area contributed by atoms with E-state index in [1.54, 1.807) is 14.2 Å². The summed E-state index contributed by atoms with van der Waals surface area (Å²) in [6.45, 7) is 1.99. The molecule has 0 aliphatic heterocycles. The Balaban J connectivity index is 1.78. The number of ether oxygens (including phenoxy) is 2. The van der Waals surface area contributed by atoms with Crippen molar-refractivity contribution in [1.29, 1.82) is 0 Å². The summed E-state index contributed by atoms with van der Waals surface area (Å²) in [6, 6.07) is 11.9. The van der Waals surface area contributed by atoms with Crippen LogP contribution >= 0.6 is 0 Å². The first-order valence-electron chi connectivity index (χ1n) is 11.8. The molecule has 2 aromatic rings. The van der Waals surface area contributed by atoms with E-state index in [1.807, 2.05) is 49.4 Å². The van der Waals surface area contributed by atoms with Crippen molar-refractivity contribution in [1.82, 2.24) is 5.32 Å². The minimum Gasteiger partial charge on any atom is -0.496 e. The van der Waals surface area contributed by atoms with E-state index in [9.17, 15) is 14.7 Å². The predicted molar refractivity (Wildman–Crippen MR) is 134 cm³/mol. The van der Waals surface area contributed by atoms with Crippen molar-refractivity contribution in [3.8, 4) is 22.6 Å². The number of aliphatic carboxylic acids is 1. The van der Waals surface area contributed by atoms with E-state index >= 15 is 0 Å². The van der Waals surface area contributed by atoms with Gasteiger partial charge in [0.25, 0.3) is 5.91 Å². The van der Waals surface area contributed by atoms with Gasteiger partial charge in [-0.15, -0.1) is 0 Å². The number of hydrogen-bond acceptors (Lipinski definition) is 6. The number of benzene rings is 2. The van der Waals surface area contributed by atoms with E-state index in [4.69, 9.17) is 14.3 Å². The fourth-order valence-electron chi connectivity index (χ4n) is 4.69. The highest BCUT2D eigenvalue weighted by molar-refractivity contribution is 6.41.